The molecule has 2 aliphatic heterocycles. The maximum absolute atomic E-state index is 13.5. The summed E-state index contributed by atoms with van der Waals surface area (Å²) in [4.78, 5) is 4.39. The predicted molar refractivity (Wildman–Crippen MR) is 150 cm³/mol. The van der Waals surface area contributed by atoms with Gasteiger partial charge in [0.15, 0.2) is 0 Å². The Balaban J connectivity index is 1.60. The lowest BCUT2D eigenvalue weighted by molar-refractivity contribution is 0.0730. The minimum Gasteiger partial charge on any atom is -0.383 e. The van der Waals surface area contributed by atoms with Crippen LogP contribution in [0.25, 0.3) is 0 Å². The van der Waals surface area contributed by atoms with Crippen molar-refractivity contribution in [2.45, 2.75) is 5.92 Å². The van der Waals surface area contributed by atoms with E-state index in [1.807, 2.05) is 42.5 Å². The summed E-state index contributed by atoms with van der Waals surface area (Å²) < 4.78 is 50.7. The molecule has 3 aromatic rings. The van der Waals surface area contributed by atoms with Crippen molar-refractivity contribution >= 4 is 39.3 Å². The van der Waals surface area contributed by atoms with Crippen LogP contribution in [0.2, 0.25) is 5.02 Å². The van der Waals surface area contributed by atoms with Gasteiger partial charge in [0.05, 0.1) is 25.5 Å². The first-order valence-corrected chi connectivity index (χ1v) is 14.0. The first-order valence-electron chi connectivity index (χ1n) is 12.2. The summed E-state index contributed by atoms with van der Waals surface area (Å²) in [5.74, 6) is -0.880. The van der Waals surface area contributed by atoms with E-state index in [2.05, 4.69) is 9.39 Å². The number of amidine groups is 1. The Morgan fingerprint density at radius 2 is 1.67 bits per heavy atom. The van der Waals surface area contributed by atoms with Crippen LogP contribution in [0.4, 0.5) is 4.39 Å². The third-order valence-corrected chi connectivity index (χ3v) is 8.00. The summed E-state index contributed by atoms with van der Waals surface area (Å²) in [6.07, 6.45) is 0. The van der Waals surface area contributed by atoms with Gasteiger partial charge in [-0.2, -0.15) is 22.8 Å². The predicted octanol–water partition coefficient (Wildman–Crippen LogP) is 3.62. The molecule has 1 atom stereocenters. The Morgan fingerprint density at radius 1 is 1.00 bits per heavy atom. The molecule has 1 fully saturated rings. The lowest BCUT2D eigenvalue weighted by atomic mass is 9.91. The Kier molecular flexibility index (Phi) is 8.03. The lowest BCUT2D eigenvalue weighted by Crippen LogP contribution is -2.40. The molecule has 0 bridgehead atoms. The quantitative estimate of drug-likeness (QED) is 0.373. The molecule has 0 amide bonds. The molecule has 2 aliphatic rings. The molecule has 0 aromatic heterocycles. The van der Waals surface area contributed by atoms with Crippen LogP contribution in [-0.2, 0) is 14.9 Å². The second-order valence-electron chi connectivity index (χ2n) is 8.92. The molecule has 12 heteroatoms. The van der Waals surface area contributed by atoms with Crippen molar-refractivity contribution in [2.75, 3.05) is 32.8 Å². The van der Waals surface area contributed by atoms with E-state index in [-0.39, 0.29) is 50.6 Å². The standard InChI is InChI=1S/C27H26ClFN6O3S/c28-22-10-6-20(7-11-22)25-24(19-4-2-1-3-5-19)18-35(32-25)27(31-26(30)21-8-12-23(29)13-9-21)33-39(36,37)34-14-16-38-17-15-34/h1-13,24H,14-18H2,(H2,30,31,33). The van der Waals surface area contributed by atoms with E-state index in [0.29, 0.717) is 16.3 Å². The minimum absolute atomic E-state index is 0.0302. The third kappa shape index (κ3) is 6.34. The van der Waals surface area contributed by atoms with Gasteiger partial charge in [-0.25, -0.2) is 9.40 Å². The smallest absolute Gasteiger partial charge is 0.325 e. The maximum Gasteiger partial charge on any atom is 0.325 e. The average Bonchev–Trinajstić information content (AvgIpc) is 3.40. The Labute approximate surface area is 231 Å². The molecule has 1 saturated heterocycles. The van der Waals surface area contributed by atoms with Gasteiger partial charge in [0, 0.05) is 29.6 Å². The molecule has 9 nitrogen and oxygen atoms in total. The number of hydrazone groups is 1. The second kappa shape index (κ2) is 11.6. The number of aliphatic imine (C=N–C) groups is 1. The van der Waals surface area contributed by atoms with Crippen molar-refractivity contribution in [1.82, 2.24) is 9.31 Å². The Hall–Kier alpha value is -3.64. The zero-order valence-corrected chi connectivity index (χ0v) is 22.4. The molecule has 0 aliphatic carbocycles. The molecule has 0 saturated carbocycles. The number of rotatable bonds is 5. The molecular weight excluding hydrogens is 543 g/mol. The first kappa shape index (κ1) is 26.9. The van der Waals surface area contributed by atoms with Gasteiger partial charge < -0.3 is 10.5 Å². The number of halogens is 2. The Morgan fingerprint density at radius 3 is 2.33 bits per heavy atom. The van der Waals surface area contributed by atoms with Gasteiger partial charge in [-0.15, -0.1) is 4.40 Å². The highest BCUT2D eigenvalue weighted by atomic mass is 35.5. The topological polar surface area (TPSA) is 113 Å². The summed E-state index contributed by atoms with van der Waals surface area (Å²) in [6.45, 7) is 1.14. The van der Waals surface area contributed by atoms with Crippen LogP contribution in [0, 0.1) is 5.82 Å². The van der Waals surface area contributed by atoms with Crippen LogP contribution in [0.5, 0.6) is 0 Å². The Bertz CT molecular complexity index is 1510. The van der Waals surface area contributed by atoms with Crippen molar-refractivity contribution in [1.29, 1.82) is 0 Å². The first-order chi connectivity index (χ1) is 18.8. The van der Waals surface area contributed by atoms with Gasteiger partial charge in [0.1, 0.15) is 11.7 Å². The molecular formula is C27H26ClFN6O3S. The molecule has 39 heavy (non-hydrogen) atoms. The van der Waals surface area contributed by atoms with E-state index < -0.39 is 16.0 Å². The highest BCUT2D eigenvalue weighted by Gasteiger charge is 2.33. The zero-order chi connectivity index (χ0) is 27.4. The van der Waals surface area contributed by atoms with Crippen LogP contribution in [0.15, 0.2) is 93.4 Å². The van der Waals surface area contributed by atoms with Gasteiger partial charge in [0.2, 0.25) is 0 Å². The number of guanidine groups is 1. The lowest BCUT2D eigenvalue weighted by Gasteiger charge is -2.24. The van der Waals surface area contributed by atoms with Crippen molar-refractivity contribution in [3.63, 3.8) is 0 Å². The summed E-state index contributed by atoms with van der Waals surface area (Å²) >= 11 is 6.12. The van der Waals surface area contributed by atoms with E-state index in [1.165, 1.54) is 33.6 Å². The van der Waals surface area contributed by atoms with Crippen LogP contribution < -0.4 is 5.73 Å². The fraction of sp³-hybridized carbons (Fsp3) is 0.222. The van der Waals surface area contributed by atoms with E-state index in [0.717, 1.165) is 11.1 Å². The monoisotopic (exact) mass is 568 g/mol. The van der Waals surface area contributed by atoms with Crippen molar-refractivity contribution in [3.8, 4) is 0 Å². The molecule has 202 valence electrons. The summed E-state index contributed by atoms with van der Waals surface area (Å²) in [7, 11) is -4.13. The molecule has 2 N–H and O–H groups in total. The number of hydrogen-bond donors (Lipinski definition) is 1. The molecule has 3 aromatic carbocycles. The molecule has 5 rings (SSSR count). The van der Waals surface area contributed by atoms with Crippen molar-refractivity contribution < 1.29 is 17.5 Å². The molecule has 2 heterocycles. The molecule has 1 unspecified atom stereocenters. The highest BCUT2D eigenvalue weighted by molar-refractivity contribution is 7.87. The number of hydrogen-bond acceptors (Lipinski definition) is 4. The largest absolute Gasteiger partial charge is 0.383 e. The fourth-order valence-corrected chi connectivity index (χ4v) is 5.50. The fourth-order valence-electron chi connectivity index (χ4n) is 4.31. The number of ether oxygens (including phenoxy) is 1. The maximum atomic E-state index is 13.5. The molecule has 0 radical (unpaired) electrons. The van der Waals surface area contributed by atoms with Crippen molar-refractivity contribution in [3.05, 3.63) is 106 Å². The third-order valence-electron chi connectivity index (χ3n) is 6.34. The van der Waals surface area contributed by atoms with Crippen LogP contribution in [0.1, 0.15) is 22.6 Å². The normalized spacial score (nSPS) is 19.3. The SMILES string of the molecule is N/C(=N\C(=N\S(=O)(=O)N1CCOCC1)N1CC(c2ccccc2)C(c2ccc(Cl)cc2)=N1)c1ccc(F)cc1. The second-order valence-corrected chi connectivity index (χ2v) is 11.0. The van der Waals surface area contributed by atoms with E-state index >= 15 is 0 Å². The van der Waals surface area contributed by atoms with Gasteiger partial charge >= 0.3 is 10.2 Å². The van der Waals surface area contributed by atoms with Crippen LogP contribution in [0.3, 0.4) is 0 Å². The summed E-state index contributed by atoms with van der Waals surface area (Å²) in [5.41, 5.74) is 9.16. The van der Waals surface area contributed by atoms with E-state index in [9.17, 15) is 12.8 Å². The molecule has 0 spiro atoms. The van der Waals surface area contributed by atoms with Gasteiger partial charge in [-0.1, -0.05) is 54.1 Å². The van der Waals surface area contributed by atoms with Crippen molar-refractivity contribution in [2.24, 2.45) is 20.2 Å². The van der Waals surface area contributed by atoms with Crippen LogP contribution in [-0.4, -0.2) is 68.1 Å². The van der Waals surface area contributed by atoms with E-state index in [1.54, 1.807) is 12.1 Å². The number of nitrogens with zero attached hydrogens (tertiary/aromatic N) is 5. The highest BCUT2D eigenvalue weighted by Crippen LogP contribution is 2.30. The number of nitrogens with two attached hydrogens (primary N) is 1. The van der Waals surface area contributed by atoms with Crippen LogP contribution >= 0.6 is 11.6 Å². The number of morpholine rings is 1. The summed E-state index contributed by atoms with van der Waals surface area (Å²) in [6, 6.07) is 22.4. The van der Waals surface area contributed by atoms with Gasteiger partial charge in [-0.05, 0) is 47.5 Å². The van der Waals surface area contributed by atoms with Gasteiger partial charge in [-0.3, -0.25) is 0 Å². The average molecular weight is 569 g/mol. The van der Waals surface area contributed by atoms with E-state index in [4.69, 9.17) is 27.2 Å². The van der Waals surface area contributed by atoms with Gasteiger partial charge in [0.25, 0.3) is 5.96 Å². The number of benzene rings is 3. The zero-order valence-electron chi connectivity index (χ0n) is 20.8. The summed E-state index contributed by atoms with van der Waals surface area (Å²) in [5, 5.41) is 6.81. The minimum atomic E-state index is -4.13.